The van der Waals surface area contributed by atoms with E-state index >= 15 is 0 Å². The average Bonchev–Trinajstić information content (AvgIpc) is 2.83. The summed E-state index contributed by atoms with van der Waals surface area (Å²) in [6.45, 7) is -2.50. The van der Waals surface area contributed by atoms with E-state index in [4.69, 9.17) is 11.6 Å². The molecule has 1 saturated heterocycles. The van der Waals surface area contributed by atoms with E-state index in [0.29, 0.717) is 10.6 Å². The fourth-order valence-corrected chi connectivity index (χ4v) is 3.01. The zero-order valence-electron chi connectivity index (χ0n) is 13.7. The first-order valence-corrected chi connectivity index (χ1v) is 8.77. The fourth-order valence-electron chi connectivity index (χ4n) is 2.02. The number of amides is 3. The molecule has 146 valence electrons. The summed E-state index contributed by atoms with van der Waals surface area (Å²) in [5, 5.41) is 2.33. The van der Waals surface area contributed by atoms with E-state index in [9.17, 15) is 27.6 Å². The van der Waals surface area contributed by atoms with Gasteiger partial charge < -0.3 is 10.1 Å². The smallest absolute Gasteiger partial charge is 0.362 e. The summed E-state index contributed by atoms with van der Waals surface area (Å²) < 4.78 is 39.9. The van der Waals surface area contributed by atoms with E-state index in [1.807, 2.05) is 0 Å². The Labute approximate surface area is 161 Å². The number of halogens is 4. The number of ether oxygens (including phenoxy) is 1. The fraction of sp³-hybridized carbons (Fsp3) is 0.312. The number of benzene rings is 1. The zero-order valence-corrected chi connectivity index (χ0v) is 15.3. The summed E-state index contributed by atoms with van der Waals surface area (Å²) in [6.07, 6.45) is -2.97. The Balaban J connectivity index is 1.81. The Kier molecular flexibility index (Phi) is 7.28. The van der Waals surface area contributed by atoms with Crippen LogP contribution in [0.5, 0.6) is 0 Å². The molecule has 2 rings (SSSR count). The van der Waals surface area contributed by atoms with Gasteiger partial charge in [0.15, 0.2) is 0 Å². The lowest BCUT2D eigenvalue weighted by atomic mass is 10.2. The van der Waals surface area contributed by atoms with Gasteiger partial charge in [0.05, 0.1) is 4.91 Å². The molecule has 0 unspecified atom stereocenters. The molecule has 1 N–H and O–H groups in total. The normalized spacial score (nSPS) is 16.3. The number of rotatable bonds is 7. The molecule has 6 nitrogen and oxygen atoms in total. The van der Waals surface area contributed by atoms with Crippen molar-refractivity contribution in [1.29, 1.82) is 0 Å². The van der Waals surface area contributed by atoms with Crippen LogP contribution in [0.4, 0.5) is 18.0 Å². The maximum Gasteiger partial charge on any atom is 0.411 e. The maximum absolute atomic E-state index is 12.3. The van der Waals surface area contributed by atoms with Crippen molar-refractivity contribution in [2.75, 3.05) is 26.3 Å². The third-order valence-electron chi connectivity index (χ3n) is 3.20. The van der Waals surface area contributed by atoms with Crippen molar-refractivity contribution >= 4 is 46.5 Å². The van der Waals surface area contributed by atoms with Gasteiger partial charge in [-0.1, -0.05) is 23.7 Å². The molecule has 27 heavy (non-hydrogen) atoms. The molecule has 1 aromatic carbocycles. The molecule has 3 amide bonds. The zero-order chi connectivity index (χ0) is 20.0. The number of carbonyl (C=O) groups is 3. The Hall–Kier alpha value is -2.04. The van der Waals surface area contributed by atoms with Crippen LogP contribution in [0.3, 0.4) is 0 Å². The molecule has 0 aromatic heterocycles. The number of hydrogen-bond donors (Lipinski definition) is 1. The Morgan fingerprint density at radius 3 is 2.56 bits per heavy atom. The molecule has 11 heteroatoms. The predicted octanol–water partition coefficient (Wildman–Crippen LogP) is 3.07. The highest BCUT2D eigenvalue weighted by Crippen LogP contribution is 2.32. The molecule has 1 aliphatic heterocycles. The van der Waals surface area contributed by atoms with Gasteiger partial charge in [0.2, 0.25) is 5.91 Å². The van der Waals surface area contributed by atoms with E-state index in [2.05, 4.69) is 10.1 Å². The van der Waals surface area contributed by atoms with Crippen molar-refractivity contribution in [3.05, 3.63) is 39.8 Å². The van der Waals surface area contributed by atoms with Crippen LogP contribution in [0.15, 0.2) is 29.2 Å². The van der Waals surface area contributed by atoms with Gasteiger partial charge in [-0.25, -0.2) is 0 Å². The van der Waals surface area contributed by atoms with Crippen molar-refractivity contribution in [3.8, 4) is 0 Å². The summed E-state index contributed by atoms with van der Waals surface area (Å²) in [7, 11) is 0. The summed E-state index contributed by atoms with van der Waals surface area (Å²) in [5.74, 6) is -1.29. The third-order valence-corrected chi connectivity index (χ3v) is 4.36. The summed E-state index contributed by atoms with van der Waals surface area (Å²) in [5.41, 5.74) is 0.694. The number of nitrogens with one attached hydrogen (secondary N) is 1. The number of alkyl halides is 3. The van der Waals surface area contributed by atoms with Crippen molar-refractivity contribution in [1.82, 2.24) is 10.2 Å². The van der Waals surface area contributed by atoms with Crippen LogP contribution in [-0.4, -0.2) is 54.4 Å². The van der Waals surface area contributed by atoms with Crippen molar-refractivity contribution in [2.45, 2.75) is 6.18 Å². The van der Waals surface area contributed by atoms with E-state index < -0.39 is 36.4 Å². The number of nitrogens with zero attached hydrogens (tertiary/aromatic N) is 1. The molecular weight excluding hydrogens is 409 g/mol. The summed E-state index contributed by atoms with van der Waals surface area (Å²) in [4.78, 5) is 36.8. The predicted molar refractivity (Wildman–Crippen MR) is 94.0 cm³/mol. The number of imide groups is 1. The van der Waals surface area contributed by atoms with Crippen LogP contribution in [-0.2, 0) is 14.3 Å². The van der Waals surface area contributed by atoms with Gasteiger partial charge in [-0.2, -0.15) is 13.2 Å². The standard InChI is InChI=1S/C16H14ClF3N2O4S/c17-11-3-1-10(2-4-11)7-12-14(24)22(15(25)27-12)6-5-21-13(23)8-26-9-16(18,19)20/h1-4,7H,5-6,8-9H2,(H,21,23)/b12-7+. The number of thioether (sulfide) groups is 1. The van der Waals surface area contributed by atoms with E-state index in [-0.39, 0.29) is 18.0 Å². The van der Waals surface area contributed by atoms with E-state index in [1.165, 1.54) is 0 Å². The van der Waals surface area contributed by atoms with Crippen LogP contribution < -0.4 is 5.32 Å². The van der Waals surface area contributed by atoms with Gasteiger partial charge in [0.1, 0.15) is 13.2 Å². The minimum absolute atomic E-state index is 0.0967. The van der Waals surface area contributed by atoms with Crippen LogP contribution >= 0.6 is 23.4 Å². The molecule has 0 atom stereocenters. The molecule has 0 spiro atoms. The van der Waals surface area contributed by atoms with Crippen molar-refractivity contribution < 1.29 is 32.3 Å². The van der Waals surface area contributed by atoms with E-state index in [1.54, 1.807) is 30.3 Å². The molecule has 0 radical (unpaired) electrons. The second kappa shape index (κ2) is 9.25. The first-order valence-electron chi connectivity index (χ1n) is 7.58. The molecule has 1 fully saturated rings. The monoisotopic (exact) mass is 422 g/mol. The number of hydrogen-bond acceptors (Lipinski definition) is 5. The molecule has 0 saturated carbocycles. The SMILES string of the molecule is O=C(COCC(F)(F)F)NCCN1C(=O)S/C(=C/c2ccc(Cl)cc2)C1=O. The van der Waals surface area contributed by atoms with E-state index in [0.717, 1.165) is 16.7 Å². The maximum atomic E-state index is 12.3. The van der Waals surface area contributed by atoms with Gasteiger partial charge >= 0.3 is 6.18 Å². The molecule has 0 bridgehead atoms. The lowest BCUT2D eigenvalue weighted by Gasteiger charge is -2.13. The minimum atomic E-state index is -4.52. The van der Waals surface area contributed by atoms with Gasteiger partial charge in [0, 0.05) is 18.1 Å². The van der Waals surface area contributed by atoms with Gasteiger partial charge in [0.25, 0.3) is 11.1 Å². The quantitative estimate of drug-likeness (QED) is 0.683. The van der Waals surface area contributed by atoms with Gasteiger partial charge in [-0.05, 0) is 35.5 Å². The Bertz CT molecular complexity index is 753. The second-order valence-corrected chi connectivity index (χ2v) is 6.77. The van der Waals surface area contributed by atoms with Crippen LogP contribution in [0.25, 0.3) is 6.08 Å². The lowest BCUT2D eigenvalue weighted by Crippen LogP contribution is -2.38. The highest BCUT2D eigenvalue weighted by molar-refractivity contribution is 8.18. The van der Waals surface area contributed by atoms with Crippen molar-refractivity contribution in [2.24, 2.45) is 0 Å². The lowest BCUT2D eigenvalue weighted by molar-refractivity contribution is -0.175. The first kappa shape index (κ1) is 21.3. The molecule has 1 aliphatic rings. The van der Waals surface area contributed by atoms with Crippen LogP contribution in [0.1, 0.15) is 5.56 Å². The summed E-state index contributed by atoms with van der Waals surface area (Å²) >= 11 is 6.55. The highest BCUT2D eigenvalue weighted by atomic mass is 35.5. The Morgan fingerprint density at radius 2 is 1.93 bits per heavy atom. The average molecular weight is 423 g/mol. The first-order chi connectivity index (χ1) is 12.7. The largest absolute Gasteiger partial charge is 0.411 e. The highest BCUT2D eigenvalue weighted by Gasteiger charge is 2.34. The van der Waals surface area contributed by atoms with Crippen molar-refractivity contribution in [3.63, 3.8) is 0 Å². The summed E-state index contributed by atoms with van der Waals surface area (Å²) in [6, 6.07) is 6.68. The number of carbonyl (C=O) groups excluding carboxylic acids is 3. The topological polar surface area (TPSA) is 75.7 Å². The molecule has 1 heterocycles. The Morgan fingerprint density at radius 1 is 1.26 bits per heavy atom. The van der Waals surface area contributed by atoms with Gasteiger partial charge in [-0.15, -0.1) is 0 Å². The van der Waals surface area contributed by atoms with Gasteiger partial charge in [-0.3, -0.25) is 19.3 Å². The third kappa shape index (κ3) is 6.89. The molecular formula is C16H14ClF3N2O4S. The van der Waals surface area contributed by atoms with Crippen LogP contribution in [0.2, 0.25) is 5.02 Å². The minimum Gasteiger partial charge on any atom is -0.362 e. The second-order valence-electron chi connectivity index (χ2n) is 5.34. The molecule has 1 aromatic rings. The van der Waals surface area contributed by atoms with Crippen LogP contribution in [0, 0.1) is 0 Å². The molecule has 0 aliphatic carbocycles.